The van der Waals surface area contributed by atoms with Crippen molar-refractivity contribution in [1.82, 2.24) is 4.90 Å². The summed E-state index contributed by atoms with van der Waals surface area (Å²) in [5.41, 5.74) is 2.44. The summed E-state index contributed by atoms with van der Waals surface area (Å²) in [7, 11) is 1.67. The van der Waals surface area contributed by atoms with Gasteiger partial charge in [-0.05, 0) is 49.2 Å². The lowest BCUT2D eigenvalue weighted by Crippen LogP contribution is -2.33. The van der Waals surface area contributed by atoms with Crippen LogP contribution in [0.3, 0.4) is 0 Å². The number of amides is 2. The third kappa shape index (κ3) is 5.39. The number of rotatable bonds is 7. The average Bonchev–Trinajstić information content (AvgIpc) is 3.33. The van der Waals surface area contributed by atoms with Crippen molar-refractivity contribution in [1.29, 1.82) is 0 Å². The van der Waals surface area contributed by atoms with Crippen LogP contribution in [0.5, 0.6) is 0 Å². The second-order valence-electron chi connectivity index (χ2n) is 7.13. The van der Waals surface area contributed by atoms with Gasteiger partial charge in [0.2, 0.25) is 0 Å². The summed E-state index contributed by atoms with van der Waals surface area (Å²) in [6.45, 7) is 3.33. The smallest absolute Gasteiger partial charge is 0.338 e. The van der Waals surface area contributed by atoms with Gasteiger partial charge in [0.25, 0.3) is 11.8 Å². The van der Waals surface area contributed by atoms with Gasteiger partial charge in [-0.1, -0.05) is 36.4 Å². The molecule has 1 aromatic heterocycles. The molecule has 2 aromatic carbocycles. The monoisotopic (exact) mass is 420 g/mol. The third-order valence-electron chi connectivity index (χ3n) is 5.05. The minimum atomic E-state index is -0.650. The van der Waals surface area contributed by atoms with Crippen LogP contribution >= 0.6 is 0 Å². The summed E-state index contributed by atoms with van der Waals surface area (Å²) in [6.07, 6.45) is 1.40. The first-order chi connectivity index (χ1) is 14.9. The second kappa shape index (κ2) is 9.75. The number of anilines is 1. The molecule has 31 heavy (non-hydrogen) atoms. The van der Waals surface area contributed by atoms with Gasteiger partial charge in [0.05, 0.1) is 17.9 Å². The maximum atomic E-state index is 12.5. The number of furan rings is 1. The Bertz CT molecular complexity index is 1060. The van der Waals surface area contributed by atoms with E-state index in [2.05, 4.69) is 5.32 Å². The third-order valence-corrected chi connectivity index (χ3v) is 5.05. The average molecular weight is 420 g/mol. The Labute approximate surface area is 180 Å². The zero-order chi connectivity index (χ0) is 22.4. The fourth-order valence-electron chi connectivity index (χ4n) is 2.96. The quantitative estimate of drug-likeness (QED) is 0.578. The maximum absolute atomic E-state index is 12.5. The molecular weight excluding hydrogens is 396 g/mol. The van der Waals surface area contributed by atoms with Crippen LogP contribution in [0, 0.1) is 6.92 Å². The molecule has 1 atom stereocenters. The number of likely N-dealkylation sites (N-methyl/N-ethyl adjacent to an activating group) is 1. The molecule has 0 fully saturated rings. The number of aryl methyl sites for hydroxylation is 1. The summed E-state index contributed by atoms with van der Waals surface area (Å²) < 4.78 is 10.3. The number of hydrogen-bond acceptors (Lipinski definition) is 5. The maximum Gasteiger partial charge on any atom is 0.338 e. The van der Waals surface area contributed by atoms with Gasteiger partial charge in [-0.2, -0.15) is 0 Å². The summed E-state index contributed by atoms with van der Waals surface area (Å²) in [4.78, 5) is 38.7. The molecule has 0 aliphatic heterocycles. The van der Waals surface area contributed by atoms with Crippen LogP contribution in [0.1, 0.15) is 45.0 Å². The van der Waals surface area contributed by atoms with E-state index in [-0.39, 0.29) is 29.9 Å². The molecule has 0 saturated heterocycles. The number of carbonyl (C=O) groups excluding carboxylic acids is 3. The fourth-order valence-corrected chi connectivity index (χ4v) is 2.96. The van der Waals surface area contributed by atoms with Crippen LogP contribution in [-0.4, -0.2) is 36.3 Å². The zero-order valence-electron chi connectivity index (χ0n) is 17.6. The minimum Gasteiger partial charge on any atom is -0.459 e. The highest BCUT2D eigenvalue weighted by atomic mass is 16.5. The van der Waals surface area contributed by atoms with E-state index in [9.17, 15) is 14.4 Å². The predicted octanol–water partition coefficient (Wildman–Crippen LogP) is 4.22. The molecule has 1 unspecified atom stereocenters. The molecular formula is C24H24N2O5. The first-order valence-corrected chi connectivity index (χ1v) is 9.80. The molecule has 0 bridgehead atoms. The van der Waals surface area contributed by atoms with Crippen LogP contribution in [0.2, 0.25) is 0 Å². The van der Waals surface area contributed by atoms with Crippen molar-refractivity contribution < 1.29 is 23.5 Å². The van der Waals surface area contributed by atoms with Crippen LogP contribution in [0.15, 0.2) is 71.3 Å². The summed E-state index contributed by atoms with van der Waals surface area (Å²) in [5.74, 6) is -1.23. The van der Waals surface area contributed by atoms with Gasteiger partial charge in [0, 0.05) is 12.7 Å². The second-order valence-corrected chi connectivity index (χ2v) is 7.13. The van der Waals surface area contributed by atoms with Crippen molar-refractivity contribution in [3.63, 3.8) is 0 Å². The Hall–Kier alpha value is -3.87. The molecule has 7 nitrogen and oxygen atoms in total. The Balaban J connectivity index is 1.61. The number of esters is 1. The molecule has 0 aliphatic rings. The van der Waals surface area contributed by atoms with Crippen LogP contribution in [-0.2, 0) is 9.53 Å². The van der Waals surface area contributed by atoms with Crippen molar-refractivity contribution in [2.75, 3.05) is 19.0 Å². The molecule has 1 heterocycles. The van der Waals surface area contributed by atoms with Gasteiger partial charge in [-0.25, -0.2) is 4.79 Å². The van der Waals surface area contributed by atoms with Crippen molar-refractivity contribution in [2.24, 2.45) is 0 Å². The lowest BCUT2D eigenvalue weighted by Gasteiger charge is -2.25. The fraction of sp³-hybridized carbons (Fsp3) is 0.208. The van der Waals surface area contributed by atoms with Gasteiger partial charge in [-0.3, -0.25) is 9.59 Å². The molecule has 0 aliphatic carbocycles. The number of nitrogens with zero attached hydrogens (tertiary/aromatic N) is 1. The Kier molecular flexibility index (Phi) is 6.87. The lowest BCUT2D eigenvalue weighted by atomic mass is 10.1. The van der Waals surface area contributed by atoms with E-state index in [0.717, 1.165) is 11.1 Å². The molecule has 3 rings (SSSR count). The molecule has 160 valence electrons. The van der Waals surface area contributed by atoms with Crippen LogP contribution in [0.25, 0.3) is 0 Å². The number of carbonyl (C=O) groups is 3. The highest BCUT2D eigenvalue weighted by Gasteiger charge is 2.20. The van der Waals surface area contributed by atoms with E-state index in [1.807, 2.05) is 37.3 Å². The zero-order valence-corrected chi connectivity index (χ0v) is 17.6. The van der Waals surface area contributed by atoms with Crippen molar-refractivity contribution in [2.45, 2.75) is 19.9 Å². The Morgan fingerprint density at radius 2 is 1.81 bits per heavy atom. The van der Waals surface area contributed by atoms with Crippen molar-refractivity contribution in [3.05, 3.63) is 89.4 Å². The van der Waals surface area contributed by atoms with E-state index < -0.39 is 11.9 Å². The van der Waals surface area contributed by atoms with Crippen molar-refractivity contribution >= 4 is 23.5 Å². The highest BCUT2D eigenvalue weighted by molar-refractivity contribution is 6.03. The van der Waals surface area contributed by atoms with Gasteiger partial charge < -0.3 is 19.4 Å². The molecule has 7 heteroatoms. The number of nitrogens with one attached hydrogen (secondary N) is 1. The molecule has 3 aromatic rings. The SMILES string of the molecule is Cc1ccc(C(=O)OCC(=O)N(C)C(C)c2ccccc2)cc1NC(=O)c1ccco1. The lowest BCUT2D eigenvalue weighted by molar-refractivity contribution is -0.135. The minimum absolute atomic E-state index is 0.157. The first-order valence-electron chi connectivity index (χ1n) is 9.80. The van der Waals surface area contributed by atoms with E-state index in [0.29, 0.717) is 5.69 Å². The van der Waals surface area contributed by atoms with Gasteiger partial charge in [0.1, 0.15) is 0 Å². The summed E-state index contributed by atoms with van der Waals surface area (Å²) in [6, 6.07) is 17.4. The summed E-state index contributed by atoms with van der Waals surface area (Å²) >= 11 is 0. The van der Waals surface area contributed by atoms with Gasteiger partial charge in [-0.15, -0.1) is 0 Å². The molecule has 0 saturated carbocycles. The van der Waals surface area contributed by atoms with Crippen LogP contribution < -0.4 is 5.32 Å². The predicted molar refractivity (Wildman–Crippen MR) is 116 cm³/mol. The van der Waals surface area contributed by atoms with E-state index in [1.54, 1.807) is 38.2 Å². The molecule has 0 radical (unpaired) electrons. The highest BCUT2D eigenvalue weighted by Crippen LogP contribution is 2.20. The Morgan fingerprint density at radius 1 is 1.06 bits per heavy atom. The Morgan fingerprint density at radius 3 is 2.48 bits per heavy atom. The van der Waals surface area contributed by atoms with E-state index in [4.69, 9.17) is 9.15 Å². The molecule has 2 amide bonds. The number of hydrogen-bond donors (Lipinski definition) is 1. The first kappa shape index (κ1) is 21.8. The normalized spacial score (nSPS) is 11.5. The number of ether oxygens (including phenoxy) is 1. The largest absolute Gasteiger partial charge is 0.459 e. The molecule has 1 N–H and O–H groups in total. The van der Waals surface area contributed by atoms with E-state index in [1.165, 1.54) is 17.2 Å². The number of benzene rings is 2. The van der Waals surface area contributed by atoms with Crippen molar-refractivity contribution in [3.8, 4) is 0 Å². The van der Waals surface area contributed by atoms with Gasteiger partial charge in [0.15, 0.2) is 12.4 Å². The topological polar surface area (TPSA) is 88.9 Å². The van der Waals surface area contributed by atoms with E-state index >= 15 is 0 Å². The standard InChI is InChI=1S/C24H24N2O5/c1-16-11-12-19(14-20(16)25-23(28)21-10-7-13-30-21)24(29)31-15-22(27)26(3)17(2)18-8-5-4-6-9-18/h4-14,17H,15H2,1-3H3,(H,25,28). The van der Waals surface area contributed by atoms with Gasteiger partial charge >= 0.3 is 5.97 Å². The molecule has 0 spiro atoms. The summed E-state index contributed by atoms with van der Waals surface area (Å²) in [5, 5.41) is 2.71. The van der Waals surface area contributed by atoms with Crippen LogP contribution in [0.4, 0.5) is 5.69 Å².